The number of para-hydroxylation sites is 1. The molecule has 1 atom stereocenters. The molecule has 154 valence electrons. The molecule has 1 aliphatic heterocycles. The molecule has 1 saturated heterocycles. The Bertz CT molecular complexity index is 848. The Kier molecular flexibility index (Phi) is 7.75. The average Bonchev–Trinajstić information content (AvgIpc) is 2.71. The number of amides is 3. The van der Waals surface area contributed by atoms with E-state index in [0.29, 0.717) is 22.3 Å². The van der Waals surface area contributed by atoms with E-state index in [1.807, 2.05) is 30.3 Å². The van der Waals surface area contributed by atoms with Gasteiger partial charge < -0.3 is 16.0 Å². The molecule has 3 N–H and O–H groups in total. The summed E-state index contributed by atoms with van der Waals surface area (Å²) in [5, 5.41) is 9.26. The van der Waals surface area contributed by atoms with Crippen molar-refractivity contribution >= 4 is 46.5 Å². The molecule has 6 nitrogen and oxygen atoms in total. The van der Waals surface area contributed by atoms with Crippen LogP contribution in [0.1, 0.15) is 19.3 Å². The summed E-state index contributed by atoms with van der Waals surface area (Å²) < 4.78 is 0. The maximum absolute atomic E-state index is 12.5. The highest BCUT2D eigenvalue weighted by Gasteiger charge is 2.25. The summed E-state index contributed by atoms with van der Waals surface area (Å²) in [5.41, 5.74) is 1.24. The maximum Gasteiger partial charge on any atom is 0.319 e. The van der Waals surface area contributed by atoms with Gasteiger partial charge in [-0.2, -0.15) is 0 Å². The van der Waals surface area contributed by atoms with Gasteiger partial charge >= 0.3 is 6.03 Å². The van der Waals surface area contributed by atoms with Gasteiger partial charge in [0.15, 0.2) is 0 Å². The summed E-state index contributed by atoms with van der Waals surface area (Å²) in [7, 11) is 0. The van der Waals surface area contributed by atoms with Crippen molar-refractivity contribution in [1.82, 2.24) is 10.2 Å². The maximum atomic E-state index is 12.5. The van der Waals surface area contributed by atoms with Crippen molar-refractivity contribution in [3.05, 3.63) is 58.6 Å². The van der Waals surface area contributed by atoms with E-state index < -0.39 is 0 Å². The lowest BCUT2D eigenvalue weighted by molar-refractivity contribution is -0.118. The van der Waals surface area contributed by atoms with E-state index in [0.717, 1.165) is 31.5 Å². The van der Waals surface area contributed by atoms with Gasteiger partial charge in [0.25, 0.3) is 0 Å². The van der Waals surface area contributed by atoms with Gasteiger partial charge in [-0.15, -0.1) is 0 Å². The van der Waals surface area contributed by atoms with Crippen LogP contribution in [0.2, 0.25) is 10.0 Å². The first-order valence-electron chi connectivity index (χ1n) is 9.61. The lowest BCUT2D eigenvalue weighted by Crippen LogP contribution is -2.49. The zero-order chi connectivity index (χ0) is 20.6. The Morgan fingerprint density at radius 2 is 1.79 bits per heavy atom. The van der Waals surface area contributed by atoms with Crippen molar-refractivity contribution in [3.63, 3.8) is 0 Å². The van der Waals surface area contributed by atoms with Crippen LogP contribution < -0.4 is 16.0 Å². The molecule has 1 aliphatic rings. The smallest absolute Gasteiger partial charge is 0.319 e. The number of urea groups is 1. The van der Waals surface area contributed by atoms with Gasteiger partial charge in [-0.1, -0.05) is 53.9 Å². The standard InChI is InChI=1S/C21H24Cl2N4O2/c22-17-10-6-11-18(20(17)23)26-19(28)14-27-12-5-4-9-16(27)13-24-21(29)25-15-7-2-1-3-8-15/h1-3,6-8,10-11,16H,4-5,9,12-14H2,(H,26,28)(H2,24,25,29). The molecule has 0 radical (unpaired) electrons. The second-order valence-electron chi connectivity index (χ2n) is 6.97. The molecule has 8 heteroatoms. The Labute approximate surface area is 180 Å². The molecule has 0 spiro atoms. The minimum Gasteiger partial charge on any atom is -0.336 e. The van der Waals surface area contributed by atoms with Crippen LogP contribution in [0.4, 0.5) is 16.2 Å². The van der Waals surface area contributed by atoms with Crippen molar-refractivity contribution < 1.29 is 9.59 Å². The van der Waals surface area contributed by atoms with Crippen LogP contribution in [0, 0.1) is 0 Å². The van der Waals surface area contributed by atoms with E-state index in [9.17, 15) is 9.59 Å². The van der Waals surface area contributed by atoms with Gasteiger partial charge in [-0.25, -0.2) is 4.79 Å². The molecule has 3 rings (SSSR count). The number of piperidine rings is 1. The van der Waals surface area contributed by atoms with E-state index in [4.69, 9.17) is 23.2 Å². The Hall–Kier alpha value is -2.28. The fraction of sp³-hybridized carbons (Fsp3) is 0.333. The number of anilines is 2. The fourth-order valence-electron chi connectivity index (χ4n) is 3.38. The highest BCUT2D eigenvalue weighted by Crippen LogP contribution is 2.29. The van der Waals surface area contributed by atoms with E-state index in [1.54, 1.807) is 18.2 Å². The minimum absolute atomic E-state index is 0.103. The van der Waals surface area contributed by atoms with E-state index in [1.165, 1.54) is 0 Å². The van der Waals surface area contributed by atoms with Crippen LogP contribution in [0.25, 0.3) is 0 Å². The lowest BCUT2D eigenvalue weighted by Gasteiger charge is -2.35. The molecule has 2 aromatic rings. The van der Waals surface area contributed by atoms with Crippen LogP contribution in [0.15, 0.2) is 48.5 Å². The molecule has 0 aromatic heterocycles. The van der Waals surface area contributed by atoms with Crippen molar-refractivity contribution in [3.8, 4) is 0 Å². The third-order valence-corrected chi connectivity index (χ3v) is 5.67. The zero-order valence-corrected chi connectivity index (χ0v) is 17.5. The summed E-state index contributed by atoms with van der Waals surface area (Å²) in [5.74, 6) is -0.158. The van der Waals surface area contributed by atoms with Crippen molar-refractivity contribution in [2.75, 3.05) is 30.3 Å². The number of nitrogens with one attached hydrogen (secondary N) is 3. The predicted molar refractivity (Wildman–Crippen MR) is 118 cm³/mol. The van der Waals surface area contributed by atoms with Gasteiger partial charge in [0.2, 0.25) is 5.91 Å². The summed E-state index contributed by atoms with van der Waals surface area (Å²) in [6, 6.07) is 14.3. The molecule has 29 heavy (non-hydrogen) atoms. The Balaban J connectivity index is 1.51. The second kappa shape index (κ2) is 10.5. The number of nitrogens with zero attached hydrogens (tertiary/aromatic N) is 1. The summed E-state index contributed by atoms with van der Waals surface area (Å²) >= 11 is 12.1. The first-order chi connectivity index (χ1) is 14.0. The van der Waals surface area contributed by atoms with Gasteiger partial charge in [-0.05, 0) is 43.7 Å². The molecule has 0 saturated carbocycles. The van der Waals surface area contributed by atoms with Crippen molar-refractivity contribution in [2.24, 2.45) is 0 Å². The van der Waals surface area contributed by atoms with Crippen LogP contribution in [-0.2, 0) is 4.79 Å². The first kappa shape index (κ1) is 21.4. The molecule has 1 heterocycles. The van der Waals surface area contributed by atoms with Crippen molar-refractivity contribution in [2.45, 2.75) is 25.3 Å². The number of halogens is 2. The van der Waals surface area contributed by atoms with Crippen molar-refractivity contribution in [1.29, 1.82) is 0 Å². The molecular weight excluding hydrogens is 411 g/mol. The van der Waals surface area contributed by atoms with Gasteiger partial charge in [0, 0.05) is 18.3 Å². The molecule has 1 unspecified atom stereocenters. The normalized spacial score (nSPS) is 16.8. The molecular formula is C21H24Cl2N4O2. The lowest BCUT2D eigenvalue weighted by atomic mass is 10.0. The topological polar surface area (TPSA) is 73.5 Å². The van der Waals surface area contributed by atoms with Crippen LogP contribution in [-0.4, -0.2) is 42.5 Å². The number of carbonyl (C=O) groups excluding carboxylic acids is 2. The second-order valence-corrected chi connectivity index (χ2v) is 7.76. The summed E-state index contributed by atoms with van der Waals surface area (Å²) in [6.45, 7) is 1.52. The van der Waals surface area contributed by atoms with E-state index in [2.05, 4.69) is 20.9 Å². The number of benzene rings is 2. The molecule has 1 fully saturated rings. The third-order valence-electron chi connectivity index (χ3n) is 4.85. The first-order valence-corrected chi connectivity index (χ1v) is 10.4. The fourth-order valence-corrected chi connectivity index (χ4v) is 3.73. The number of likely N-dealkylation sites (tertiary alicyclic amines) is 1. The molecule has 3 amide bonds. The van der Waals surface area contributed by atoms with Gasteiger partial charge in [-0.3, -0.25) is 9.69 Å². The number of rotatable bonds is 6. The Morgan fingerprint density at radius 1 is 1.00 bits per heavy atom. The van der Waals surface area contributed by atoms with Gasteiger partial charge in [0.05, 0.1) is 22.3 Å². The van der Waals surface area contributed by atoms with Gasteiger partial charge in [0.1, 0.15) is 0 Å². The molecule has 0 bridgehead atoms. The van der Waals surface area contributed by atoms with E-state index in [-0.39, 0.29) is 24.5 Å². The zero-order valence-electron chi connectivity index (χ0n) is 16.0. The monoisotopic (exact) mass is 434 g/mol. The minimum atomic E-state index is -0.253. The quantitative estimate of drug-likeness (QED) is 0.621. The molecule has 2 aromatic carbocycles. The number of carbonyl (C=O) groups is 2. The van der Waals surface area contributed by atoms with E-state index >= 15 is 0 Å². The molecule has 0 aliphatic carbocycles. The largest absolute Gasteiger partial charge is 0.336 e. The summed E-state index contributed by atoms with van der Waals surface area (Å²) in [6.07, 6.45) is 3.03. The number of hydrogen-bond acceptors (Lipinski definition) is 3. The van der Waals surface area contributed by atoms with Crippen LogP contribution in [0.3, 0.4) is 0 Å². The van der Waals surface area contributed by atoms with Crippen LogP contribution >= 0.6 is 23.2 Å². The number of hydrogen-bond donors (Lipinski definition) is 3. The highest BCUT2D eigenvalue weighted by molar-refractivity contribution is 6.44. The Morgan fingerprint density at radius 3 is 2.59 bits per heavy atom. The highest BCUT2D eigenvalue weighted by atomic mass is 35.5. The average molecular weight is 435 g/mol. The predicted octanol–water partition coefficient (Wildman–Crippen LogP) is 4.61. The summed E-state index contributed by atoms with van der Waals surface area (Å²) in [4.78, 5) is 26.8. The third kappa shape index (κ3) is 6.35. The van der Waals surface area contributed by atoms with Crippen LogP contribution in [0.5, 0.6) is 0 Å². The SMILES string of the molecule is O=C(CN1CCCCC1CNC(=O)Nc1ccccc1)Nc1cccc(Cl)c1Cl.